The summed E-state index contributed by atoms with van der Waals surface area (Å²) in [5.74, 6) is 0. The Balaban J connectivity index is 0. The van der Waals surface area contributed by atoms with E-state index in [1.807, 2.05) is 0 Å². The third-order valence-electron chi connectivity index (χ3n) is 3.23. The Morgan fingerprint density at radius 1 is 0.750 bits per heavy atom. The normalized spacial score (nSPS) is 11.3. The molecule has 0 unspecified atom stereocenters. The summed E-state index contributed by atoms with van der Waals surface area (Å²) in [7, 11) is -4.24. The van der Waals surface area contributed by atoms with Crippen molar-refractivity contribution in [3.8, 4) is 0 Å². The van der Waals surface area contributed by atoms with Gasteiger partial charge in [0, 0.05) is 0 Å². The van der Waals surface area contributed by atoms with E-state index in [9.17, 15) is 8.42 Å². The predicted molar refractivity (Wildman–Crippen MR) is 85.7 cm³/mol. The molecule has 0 rings (SSSR count). The van der Waals surface area contributed by atoms with Gasteiger partial charge >= 0.3 is 61.8 Å². The zero-order chi connectivity index (χ0) is 14.4. The van der Waals surface area contributed by atoms with Gasteiger partial charge in [0.25, 0.3) is 0 Å². The fraction of sp³-hybridized carbons (Fsp3) is 1.00. The molecule has 0 saturated carbocycles. The van der Waals surface area contributed by atoms with E-state index in [2.05, 4.69) is 11.1 Å². The first-order valence-corrected chi connectivity index (χ1v) is 9.04. The van der Waals surface area contributed by atoms with Crippen molar-refractivity contribution in [2.45, 2.75) is 84.0 Å². The fourth-order valence-electron chi connectivity index (χ4n) is 2.11. The summed E-state index contributed by atoms with van der Waals surface area (Å²) in [6.45, 7) is 2.33. The number of rotatable bonds is 14. The van der Waals surface area contributed by atoms with E-state index < -0.39 is 10.4 Å². The third kappa shape index (κ3) is 21.8. The van der Waals surface area contributed by atoms with Crippen molar-refractivity contribution in [2.75, 3.05) is 6.61 Å². The average molecular weight is 335 g/mol. The van der Waals surface area contributed by atoms with E-state index in [1.54, 1.807) is 0 Å². The van der Waals surface area contributed by atoms with Crippen LogP contribution in [0, 0.1) is 0 Å². The van der Waals surface area contributed by atoms with Crippen molar-refractivity contribution in [3.63, 3.8) is 0 Å². The fourth-order valence-corrected chi connectivity index (χ4v) is 2.44. The summed E-state index contributed by atoms with van der Waals surface area (Å²) >= 11 is 0. The molecular formula is C14H31KO4S. The summed E-state index contributed by atoms with van der Waals surface area (Å²) in [4.78, 5) is 0. The average Bonchev–Trinajstić information content (AvgIpc) is 2.34. The molecule has 0 saturated heterocycles. The molecule has 0 fully saturated rings. The standard InChI is InChI=1S/C14H30O4S.K.H/c1-2-3-4-5-6-7-8-9-10-11-12-13-14-18-19(15,16)17;;/h2-14H2,1H3,(H,15,16,17);;. The summed E-state index contributed by atoms with van der Waals surface area (Å²) < 4.78 is 33.1. The number of unbranched alkanes of at least 4 members (excludes halogenated alkanes) is 11. The van der Waals surface area contributed by atoms with Crippen LogP contribution in [-0.4, -0.2) is 71.0 Å². The Morgan fingerprint density at radius 2 is 1.10 bits per heavy atom. The molecule has 0 heterocycles. The molecule has 20 heavy (non-hydrogen) atoms. The Hall–Kier alpha value is 1.51. The van der Waals surface area contributed by atoms with E-state index >= 15 is 0 Å². The summed E-state index contributed by atoms with van der Waals surface area (Å²) in [5.41, 5.74) is 0. The predicted octanol–water partition coefficient (Wildman–Crippen LogP) is 3.86. The molecule has 118 valence electrons. The molecule has 0 aliphatic carbocycles. The minimum atomic E-state index is -4.24. The quantitative estimate of drug-likeness (QED) is 0.298. The Labute approximate surface area is 167 Å². The van der Waals surface area contributed by atoms with Gasteiger partial charge in [-0.1, -0.05) is 77.6 Å². The van der Waals surface area contributed by atoms with E-state index in [-0.39, 0.29) is 58.0 Å². The van der Waals surface area contributed by atoms with Crippen LogP contribution in [0.2, 0.25) is 0 Å². The molecule has 0 bridgehead atoms. The SMILES string of the molecule is CCCCCCCCCCCCCCOS(=O)(=O)O.[KH]. The van der Waals surface area contributed by atoms with Crippen LogP contribution in [0.4, 0.5) is 0 Å². The molecule has 0 radical (unpaired) electrons. The van der Waals surface area contributed by atoms with Crippen molar-refractivity contribution in [2.24, 2.45) is 0 Å². The van der Waals surface area contributed by atoms with Gasteiger partial charge < -0.3 is 0 Å². The monoisotopic (exact) mass is 334 g/mol. The molecular weight excluding hydrogens is 303 g/mol. The van der Waals surface area contributed by atoms with Crippen LogP contribution in [-0.2, 0) is 14.6 Å². The van der Waals surface area contributed by atoms with E-state index in [0.717, 1.165) is 12.8 Å². The molecule has 1 N–H and O–H groups in total. The molecule has 0 aromatic heterocycles. The van der Waals surface area contributed by atoms with E-state index in [4.69, 9.17) is 4.55 Å². The van der Waals surface area contributed by atoms with Gasteiger partial charge in [-0.25, -0.2) is 4.18 Å². The molecule has 0 aliphatic heterocycles. The van der Waals surface area contributed by atoms with Crippen molar-refractivity contribution in [3.05, 3.63) is 0 Å². The van der Waals surface area contributed by atoms with Gasteiger partial charge in [-0.05, 0) is 6.42 Å². The van der Waals surface area contributed by atoms with Gasteiger partial charge in [0.2, 0.25) is 0 Å². The van der Waals surface area contributed by atoms with Crippen molar-refractivity contribution < 1.29 is 17.2 Å². The van der Waals surface area contributed by atoms with E-state index in [1.165, 1.54) is 57.8 Å². The summed E-state index contributed by atoms with van der Waals surface area (Å²) in [6.07, 6.45) is 14.7. The van der Waals surface area contributed by atoms with Gasteiger partial charge in [0.1, 0.15) is 0 Å². The zero-order valence-corrected chi connectivity index (χ0v) is 13.1. The van der Waals surface area contributed by atoms with Crippen LogP contribution in [0.15, 0.2) is 0 Å². The van der Waals surface area contributed by atoms with Crippen molar-refractivity contribution in [1.82, 2.24) is 0 Å². The van der Waals surface area contributed by atoms with E-state index in [0.29, 0.717) is 6.42 Å². The Kier molecular flexibility index (Phi) is 20.0. The first-order chi connectivity index (χ1) is 9.06. The Morgan fingerprint density at radius 3 is 1.45 bits per heavy atom. The number of hydrogen-bond acceptors (Lipinski definition) is 3. The van der Waals surface area contributed by atoms with Gasteiger partial charge in [0.15, 0.2) is 0 Å². The van der Waals surface area contributed by atoms with Gasteiger partial charge in [-0.15, -0.1) is 0 Å². The molecule has 0 aromatic rings. The first kappa shape index (κ1) is 23.8. The molecule has 0 aromatic carbocycles. The van der Waals surface area contributed by atoms with Crippen LogP contribution in [0.5, 0.6) is 0 Å². The maximum absolute atomic E-state index is 10.3. The van der Waals surface area contributed by atoms with Crippen molar-refractivity contribution in [1.29, 1.82) is 0 Å². The van der Waals surface area contributed by atoms with Gasteiger partial charge in [-0.2, -0.15) is 8.42 Å². The zero-order valence-electron chi connectivity index (χ0n) is 12.3. The second-order valence-electron chi connectivity index (χ2n) is 5.14. The minimum absolute atomic E-state index is 0. The second-order valence-corrected chi connectivity index (χ2v) is 6.23. The van der Waals surface area contributed by atoms with Crippen LogP contribution in [0.25, 0.3) is 0 Å². The molecule has 0 aliphatic rings. The van der Waals surface area contributed by atoms with Crippen LogP contribution in [0.3, 0.4) is 0 Å². The summed E-state index contributed by atoms with van der Waals surface area (Å²) in [5, 5.41) is 0. The molecule has 0 spiro atoms. The van der Waals surface area contributed by atoms with Crippen LogP contribution < -0.4 is 0 Å². The van der Waals surface area contributed by atoms with Crippen LogP contribution >= 0.6 is 0 Å². The molecule has 0 amide bonds. The van der Waals surface area contributed by atoms with Gasteiger partial charge in [0.05, 0.1) is 6.61 Å². The molecule has 6 heteroatoms. The van der Waals surface area contributed by atoms with Crippen LogP contribution in [0.1, 0.15) is 84.0 Å². The van der Waals surface area contributed by atoms with Crippen molar-refractivity contribution >= 4 is 61.8 Å². The number of hydrogen-bond donors (Lipinski definition) is 1. The topological polar surface area (TPSA) is 63.6 Å². The Bertz CT molecular complexity index is 281. The maximum atomic E-state index is 10.3. The van der Waals surface area contributed by atoms with Gasteiger partial charge in [-0.3, -0.25) is 4.55 Å². The second kappa shape index (κ2) is 16.9. The molecule has 4 nitrogen and oxygen atoms in total. The third-order valence-corrected chi connectivity index (χ3v) is 3.69. The summed E-state index contributed by atoms with van der Waals surface area (Å²) in [6, 6.07) is 0. The first-order valence-electron chi connectivity index (χ1n) is 7.68. The molecule has 0 atom stereocenters.